The molecule has 0 aliphatic carbocycles. The number of amides is 1. The van der Waals surface area contributed by atoms with Crippen LogP contribution >= 0.6 is 0 Å². The zero-order valence-electron chi connectivity index (χ0n) is 16.2. The minimum absolute atomic E-state index is 0.0288. The number of carbonyl (C=O) groups excluding carboxylic acids is 1. The molecule has 2 saturated heterocycles. The number of hydrogen-bond donors (Lipinski definition) is 0. The van der Waals surface area contributed by atoms with E-state index in [9.17, 15) is 4.79 Å². The third kappa shape index (κ3) is 4.22. The average molecular weight is 348 g/mol. The van der Waals surface area contributed by atoms with E-state index >= 15 is 0 Å². The number of aromatic nitrogens is 3. The Bertz CT molecular complexity index is 583. The van der Waals surface area contributed by atoms with Crippen LogP contribution in [-0.4, -0.2) is 63.4 Å². The van der Waals surface area contributed by atoms with Gasteiger partial charge in [0.25, 0.3) is 0 Å². The number of piperidine rings is 2. The molecule has 0 aromatic carbocycles. The van der Waals surface area contributed by atoms with E-state index in [0.717, 1.165) is 64.1 Å². The summed E-state index contributed by atoms with van der Waals surface area (Å²) in [5, 5.41) is 8.68. The fraction of sp³-hybridized carbons (Fsp3) is 0.842. The van der Waals surface area contributed by atoms with Crippen LogP contribution < -0.4 is 0 Å². The highest BCUT2D eigenvalue weighted by molar-refractivity contribution is 5.79. The van der Waals surface area contributed by atoms with Crippen LogP contribution in [0.5, 0.6) is 0 Å². The first-order valence-electron chi connectivity index (χ1n) is 9.82. The first-order chi connectivity index (χ1) is 11.9. The van der Waals surface area contributed by atoms with Gasteiger partial charge in [-0.3, -0.25) is 4.79 Å². The lowest BCUT2D eigenvalue weighted by Crippen LogP contribution is -2.47. The molecule has 1 aromatic heterocycles. The van der Waals surface area contributed by atoms with E-state index in [-0.39, 0.29) is 11.3 Å². The number of carbonyl (C=O) groups is 1. The number of rotatable bonds is 3. The molecule has 3 heterocycles. The molecule has 140 valence electrons. The van der Waals surface area contributed by atoms with Crippen LogP contribution in [0.3, 0.4) is 0 Å². The molecule has 6 heteroatoms. The molecule has 1 unspecified atom stereocenters. The van der Waals surface area contributed by atoms with Gasteiger partial charge in [0.2, 0.25) is 5.91 Å². The Morgan fingerprint density at radius 2 is 1.92 bits per heavy atom. The second-order valence-electron chi connectivity index (χ2n) is 8.62. The van der Waals surface area contributed by atoms with Crippen molar-refractivity contribution in [2.24, 2.45) is 5.92 Å². The van der Waals surface area contributed by atoms with Crippen molar-refractivity contribution in [3.8, 4) is 0 Å². The zero-order valence-corrected chi connectivity index (χ0v) is 16.2. The van der Waals surface area contributed by atoms with E-state index in [4.69, 9.17) is 0 Å². The van der Waals surface area contributed by atoms with Gasteiger partial charge < -0.3 is 9.80 Å². The summed E-state index contributed by atoms with van der Waals surface area (Å²) in [6, 6.07) is 0.367. The van der Waals surface area contributed by atoms with Gasteiger partial charge in [0.1, 0.15) is 0 Å². The smallest absolute Gasteiger partial charge is 0.226 e. The van der Waals surface area contributed by atoms with Crippen molar-refractivity contribution in [3.05, 3.63) is 11.9 Å². The standard InChI is InChI=1S/C19H33N5O/c1-5-22-10-6-7-15(13-22)18(25)23-11-8-16(9-12-23)24-14-17(20-21-24)19(2,3)4/h14-16H,5-13H2,1-4H3. The van der Waals surface area contributed by atoms with Gasteiger partial charge in [0, 0.05) is 31.2 Å². The monoisotopic (exact) mass is 347 g/mol. The van der Waals surface area contributed by atoms with E-state index in [2.05, 4.69) is 54.0 Å². The number of hydrogen-bond acceptors (Lipinski definition) is 4. The molecule has 2 aliphatic rings. The first kappa shape index (κ1) is 18.4. The van der Waals surface area contributed by atoms with Crippen molar-refractivity contribution in [2.75, 3.05) is 32.7 Å². The molecule has 0 saturated carbocycles. The normalized spacial score (nSPS) is 23.8. The van der Waals surface area contributed by atoms with Gasteiger partial charge >= 0.3 is 0 Å². The van der Waals surface area contributed by atoms with Crippen LogP contribution in [0.15, 0.2) is 6.20 Å². The SMILES string of the molecule is CCN1CCCC(C(=O)N2CCC(n3cc(C(C)(C)C)nn3)CC2)C1. The maximum absolute atomic E-state index is 12.9. The zero-order chi connectivity index (χ0) is 18.0. The Balaban J connectivity index is 1.55. The molecule has 0 bridgehead atoms. The molecule has 0 N–H and O–H groups in total. The van der Waals surface area contributed by atoms with Gasteiger partial charge in [-0.2, -0.15) is 0 Å². The molecule has 3 rings (SSSR count). The fourth-order valence-corrected chi connectivity index (χ4v) is 3.95. The van der Waals surface area contributed by atoms with Crippen molar-refractivity contribution in [3.63, 3.8) is 0 Å². The highest BCUT2D eigenvalue weighted by Crippen LogP contribution is 2.27. The maximum Gasteiger partial charge on any atom is 0.226 e. The molecule has 25 heavy (non-hydrogen) atoms. The minimum Gasteiger partial charge on any atom is -0.342 e. The molecule has 0 radical (unpaired) electrons. The van der Waals surface area contributed by atoms with Crippen molar-refractivity contribution in [1.29, 1.82) is 0 Å². The lowest BCUT2D eigenvalue weighted by molar-refractivity contribution is -0.138. The van der Waals surface area contributed by atoms with Crippen LogP contribution in [0.25, 0.3) is 0 Å². The molecule has 1 amide bonds. The topological polar surface area (TPSA) is 54.3 Å². The molecule has 2 aliphatic heterocycles. The van der Waals surface area contributed by atoms with Gasteiger partial charge in [0.15, 0.2) is 0 Å². The molecule has 6 nitrogen and oxygen atoms in total. The summed E-state index contributed by atoms with van der Waals surface area (Å²) < 4.78 is 2.02. The van der Waals surface area contributed by atoms with Crippen LogP contribution in [0, 0.1) is 5.92 Å². The molecule has 0 spiro atoms. The predicted molar refractivity (Wildman–Crippen MR) is 98.4 cm³/mol. The van der Waals surface area contributed by atoms with Crippen molar-refractivity contribution in [1.82, 2.24) is 24.8 Å². The molecular weight excluding hydrogens is 314 g/mol. The summed E-state index contributed by atoms with van der Waals surface area (Å²) in [4.78, 5) is 17.3. The Kier molecular flexibility index (Phi) is 5.46. The Morgan fingerprint density at radius 3 is 2.52 bits per heavy atom. The van der Waals surface area contributed by atoms with Crippen LogP contribution in [0.4, 0.5) is 0 Å². The van der Waals surface area contributed by atoms with Gasteiger partial charge in [-0.15, -0.1) is 5.10 Å². The maximum atomic E-state index is 12.9. The summed E-state index contributed by atoms with van der Waals surface area (Å²) >= 11 is 0. The minimum atomic E-state index is 0.0288. The summed E-state index contributed by atoms with van der Waals surface area (Å²) in [7, 11) is 0. The summed E-state index contributed by atoms with van der Waals surface area (Å²) in [5.41, 5.74) is 1.06. The number of nitrogens with zero attached hydrogens (tertiary/aromatic N) is 5. The predicted octanol–water partition coefficient (Wildman–Crippen LogP) is 2.47. The van der Waals surface area contributed by atoms with E-state index in [1.165, 1.54) is 0 Å². The summed E-state index contributed by atoms with van der Waals surface area (Å²) in [6.07, 6.45) is 6.23. The van der Waals surface area contributed by atoms with E-state index < -0.39 is 0 Å². The van der Waals surface area contributed by atoms with Gasteiger partial charge in [0.05, 0.1) is 17.7 Å². The van der Waals surface area contributed by atoms with Gasteiger partial charge in [-0.05, 0) is 38.8 Å². The van der Waals surface area contributed by atoms with Gasteiger partial charge in [-0.25, -0.2) is 4.68 Å². The number of likely N-dealkylation sites (tertiary alicyclic amines) is 2. The Hall–Kier alpha value is -1.43. The third-order valence-corrected chi connectivity index (χ3v) is 5.73. The van der Waals surface area contributed by atoms with Crippen LogP contribution in [0.1, 0.15) is 65.1 Å². The second-order valence-corrected chi connectivity index (χ2v) is 8.62. The largest absolute Gasteiger partial charge is 0.342 e. The third-order valence-electron chi connectivity index (χ3n) is 5.73. The highest BCUT2D eigenvalue weighted by Gasteiger charge is 2.32. The Labute approximate surface area is 151 Å². The molecular formula is C19H33N5O. The quantitative estimate of drug-likeness (QED) is 0.843. The molecule has 1 atom stereocenters. The van der Waals surface area contributed by atoms with Crippen molar-refractivity contribution in [2.45, 2.75) is 64.8 Å². The lowest BCUT2D eigenvalue weighted by Gasteiger charge is -2.37. The van der Waals surface area contributed by atoms with E-state index in [1.54, 1.807) is 0 Å². The highest BCUT2D eigenvalue weighted by atomic mass is 16.2. The van der Waals surface area contributed by atoms with Crippen molar-refractivity contribution >= 4 is 5.91 Å². The first-order valence-corrected chi connectivity index (χ1v) is 9.82. The Morgan fingerprint density at radius 1 is 1.20 bits per heavy atom. The lowest BCUT2D eigenvalue weighted by atomic mass is 9.93. The van der Waals surface area contributed by atoms with E-state index in [0.29, 0.717) is 11.9 Å². The van der Waals surface area contributed by atoms with Crippen LogP contribution in [0.2, 0.25) is 0 Å². The fourth-order valence-electron chi connectivity index (χ4n) is 3.95. The summed E-state index contributed by atoms with van der Waals surface area (Å²) in [5.74, 6) is 0.565. The average Bonchev–Trinajstić information content (AvgIpc) is 3.12. The molecule has 1 aromatic rings. The summed E-state index contributed by atoms with van der Waals surface area (Å²) in [6.45, 7) is 13.5. The van der Waals surface area contributed by atoms with Gasteiger partial charge in [-0.1, -0.05) is 32.9 Å². The molecule has 2 fully saturated rings. The van der Waals surface area contributed by atoms with Crippen LogP contribution in [-0.2, 0) is 10.2 Å². The van der Waals surface area contributed by atoms with Crippen molar-refractivity contribution < 1.29 is 4.79 Å². The second kappa shape index (κ2) is 7.44. The van der Waals surface area contributed by atoms with E-state index in [1.807, 2.05) is 4.68 Å².